The average Bonchev–Trinajstić information content (AvgIpc) is 3.06. The highest BCUT2D eigenvalue weighted by Crippen LogP contribution is 2.29. The van der Waals surface area contributed by atoms with Crippen LogP contribution in [0.15, 0.2) is 47.4 Å². The number of hydrogen-bond acceptors (Lipinski definition) is 6. The van der Waals surface area contributed by atoms with Gasteiger partial charge in [0.25, 0.3) is 11.8 Å². The summed E-state index contributed by atoms with van der Waals surface area (Å²) in [5, 5.41) is 2.72. The molecule has 0 bridgehead atoms. The molecule has 3 amide bonds. The lowest BCUT2D eigenvalue weighted by Crippen LogP contribution is -2.50. The van der Waals surface area contributed by atoms with Crippen LogP contribution in [-0.4, -0.2) is 67.7 Å². The summed E-state index contributed by atoms with van der Waals surface area (Å²) in [5.41, 5.74) is 1.34. The number of amides is 3. The fourth-order valence-electron chi connectivity index (χ4n) is 4.28. The Bertz CT molecular complexity index is 1220. The largest absolute Gasteiger partial charge is 0.379 e. The van der Waals surface area contributed by atoms with Gasteiger partial charge in [0.15, 0.2) is 0 Å². The summed E-state index contributed by atoms with van der Waals surface area (Å²) in [6.07, 6.45) is 0. The van der Waals surface area contributed by atoms with Crippen LogP contribution < -0.4 is 5.32 Å². The van der Waals surface area contributed by atoms with Gasteiger partial charge in [0.2, 0.25) is 15.9 Å². The van der Waals surface area contributed by atoms with Crippen molar-refractivity contribution in [2.45, 2.75) is 31.7 Å². The molecule has 0 saturated carbocycles. The number of sulfonamides is 1. The Morgan fingerprint density at radius 3 is 2.15 bits per heavy atom. The van der Waals surface area contributed by atoms with Crippen molar-refractivity contribution in [3.05, 3.63) is 59.2 Å². The Morgan fingerprint density at radius 1 is 1.00 bits per heavy atom. The molecule has 2 aromatic rings. The molecule has 0 spiro atoms. The first-order chi connectivity index (χ1) is 16.1. The fraction of sp³-hybridized carbons (Fsp3) is 0.375. The highest BCUT2D eigenvalue weighted by molar-refractivity contribution is 7.89. The van der Waals surface area contributed by atoms with E-state index in [1.54, 1.807) is 57.2 Å². The summed E-state index contributed by atoms with van der Waals surface area (Å²) in [5.74, 6) is -1.98. The molecule has 1 fully saturated rings. The number of imide groups is 1. The molecule has 0 aliphatic carbocycles. The van der Waals surface area contributed by atoms with E-state index in [0.717, 1.165) is 4.90 Å². The summed E-state index contributed by atoms with van der Waals surface area (Å²) in [6, 6.07) is 10.0. The van der Waals surface area contributed by atoms with Crippen LogP contribution in [0.4, 0.5) is 5.69 Å². The van der Waals surface area contributed by atoms with Gasteiger partial charge in [0.05, 0.1) is 29.2 Å². The van der Waals surface area contributed by atoms with Gasteiger partial charge in [-0.1, -0.05) is 32.0 Å². The zero-order valence-electron chi connectivity index (χ0n) is 19.3. The first-order valence-corrected chi connectivity index (χ1v) is 12.5. The van der Waals surface area contributed by atoms with Crippen molar-refractivity contribution < 1.29 is 27.5 Å². The van der Waals surface area contributed by atoms with Gasteiger partial charge < -0.3 is 10.1 Å². The molecule has 180 valence electrons. The molecule has 1 atom stereocenters. The molecule has 0 radical (unpaired) electrons. The average molecular weight is 486 g/mol. The van der Waals surface area contributed by atoms with Crippen LogP contribution in [0.3, 0.4) is 0 Å². The highest BCUT2D eigenvalue weighted by Gasteiger charge is 2.44. The number of anilines is 1. The number of rotatable bonds is 6. The topological polar surface area (TPSA) is 113 Å². The van der Waals surface area contributed by atoms with Crippen LogP contribution in [-0.2, 0) is 19.6 Å². The minimum absolute atomic E-state index is 0.0917. The van der Waals surface area contributed by atoms with Crippen LogP contribution >= 0.6 is 0 Å². The summed E-state index contributed by atoms with van der Waals surface area (Å²) in [6.45, 7) is 6.35. The van der Waals surface area contributed by atoms with E-state index in [2.05, 4.69) is 5.32 Å². The number of aryl methyl sites for hydroxylation is 1. The Morgan fingerprint density at radius 2 is 1.59 bits per heavy atom. The molecule has 1 N–H and O–H groups in total. The van der Waals surface area contributed by atoms with E-state index in [4.69, 9.17) is 4.74 Å². The van der Waals surface area contributed by atoms with Crippen molar-refractivity contribution in [3.63, 3.8) is 0 Å². The minimum atomic E-state index is -3.77. The summed E-state index contributed by atoms with van der Waals surface area (Å²) >= 11 is 0. The number of nitrogens with one attached hydrogen (secondary N) is 1. The van der Waals surface area contributed by atoms with Gasteiger partial charge in [-0.05, 0) is 42.7 Å². The lowest BCUT2D eigenvalue weighted by Gasteiger charge is -2.29. The van der Waals surface area contributed by atoms with Gasteiger partial charge in [0.1, 0.15) is 6.04 Å². The van der Waals surface area contributed by atoms with Crippen molar-refractivity contribution >= 4 is 33.4 Å². The maximum Gasteiger partial charge on any atom is 0.262 e. The Kier molecular flexibility index (Phi) is 6.57. The van der Waals surface area contributed by atoms with Gasteiger partial charge in [-0.15, -0.1) is 0 Å². The molecular formula is C24H27N3O6S. The third-order valence-electron chi connectivity index (χ3n) is 6.05. The van der Waals surface area contributed by atoms with Crippen molar-refractivity contribution in [3.8, 4) is 0 Å². The van der Waals surface area contributed by atoms with Gasteiger partial charge in [-0.3, -0.25) is 19.3 Å². The number of hydrogen-bond donors (Lipinski definition) is 1. The Balaban J connectivity index is 1.61. The van der Waals surface area contributed by atoms with E-state index in [9.17, 15) is 22.8 Å². The number of morpholine rings is 1. The van der Waals surface area contributed by atoms with Crippen LogP contribution in [0.1, 0.15) is 40.1 Å². The summed E-state index contributed by atoms with van der Waals surface area (Å²) < 4.78 is 33.0. The standard InChI is InChI=1S/C24H27N3O6S/c1-15(2)21(27-23(29)18-6-4-5-7-19(18)24(27)30)22(28)25-17-9-8-16(3)20(14-17)34(31,32)26-10-12-33-13-11-26/h4-9,14-15,21H,10-13H2,1-3H3,(H,25,28). The van der Waals surface area contributed by atoms with Gasteiger partial charge >= 0.3 is 0 Å². The number of fused-ring (bicyclic) bond motifs is 1. The first kappa shape index (κ1) is 24.1. The second-order valence-electron chi connectivity index (χ2n) is 8.70. The van der Waals surface area contributed by atoms with Crippen LogP contribution in [0, 0.1) is 12.8 Å². The SMILES string of the molecule is Cc1ccc(NC(=O)C(C(C)C)N2C(=O)c3ccccc3C2=O)cc1S(=O)(=O)N1CCOCC1. The normalized spacial score (nSPS) is 17.7. The zero-order chi connectivity index (χ0) is 24.6. The lowest BCUT2D eigenvalue weighted by molar-refractivity contribution is -0.121. The van der Waals surface area contributed by atoms with Gasteiger partial charge in [0, 0.05) is 18.8 Å². The van der Waals surface area contributed by atoms with Crippen molar-refractivity contribution in [1.29, 1.82) is 0 Å². The molecule has 2 heterocycles. The Hall–Kier alpha value is -3.08. The zero-order valence-corrected chi connectivity index (χ0v) is 20.1. The van der Waals surface area contributed by atoms with E-state index in [1.165, 1.54) is 10.4 Å². The maximum absolute atomic E-state index is 13.3. The maximum atomic E-state index is 13.3. The predicted octanol–water partition coefficient (Wildman–Crippen LogP) is 2.28. The lowest BCUT2D eigenvalue weighted by atomic mass is 10.0. The number of carbonyl (C=O) groups is 3. The predicted molar refractivity (Wildman–Crippen MR) is 125 cm³/mol. The van der Waals surface area contributed by atoms with Crippen molar-refractivity contribution in [1.82, 2.24) is 9.21 Å². The molecule has 2 aliphatic heterocycles. The minimum Gasteiger partial charge on any atom is -0.379 e. The molecule has 9 nitrogen and oxygen atoms in total. The molecule has 2 aliphatic rings. The number of carbonyl (C=O) groups excluding carboxylic acids is 3. The molecule has 1 saturated heterocycles. The second-order valence-corrected chi connectivity index (χ2v) is 10.6. The number of ether oxygens (including phenoxy) is 1. The van der Waals surface area contributed by atoms with Crippen LogP contribution in [0.5, 0.6) is 0 Å². The van der Waals surface area contributed by atoms with E-state index >= 15 is 0 Å². The van der Waals surface area contributed by atoms with E-state index in [1.807, 2.05) is 0 Å². The van der Waals surface area contributed by atoms with Gasteiger partial charge in [-0.25, -0.2) is 8.42 Å². The molecule has 0 aromatic heterocycles. The Labute approximate surface area is 198 Å². The van der Waals surface area contributed by atoms with E-state index in [0.29, 0.717) is 18.8 Å². The van der Waals surface area contributed by atoms with Crippen molar-refractivity contribution in [2.24, 2.45) is 5.92 Å². The quantitative estimate of drug-likeness (QED) is 0.628. The third-order valence-corrected chi connectivity index (χ3v) is 8.09. The molecule has 34 heavy (non-hydrogen) atoms. The van der Waals surface area contributed by atoms with Crippen LogP contribution in [0.25, 0.3) is 0 Å². The molecule has 2 aromatic carbocycles. The van der Waals surface area contributed by atoms with Gasteiger partial charge in [-0.2, -0.15) is 4.31 Å². The molecular weight excluding hydrogens is 458 g/mol. The number of nitrogens with zero attached hydrogens (tertiary/aromatic N) is 2. The fourth-order valence-corrected chi connectivity index (χ4v) is 5.94. The number of benzene rings is 2. The van der Waals surface area contributed by atoms with Crippen LogP contribution in [0.2, 0.25) is 0 Å². The highest BCUT2D eigenvalue weighted by atomic mass is 32.2. The molecule has 4 rings (SSSR count). The second kappa shape index (κ2) is 9.28. The summed E-state index contributed by atoms with van der Waals surface area (Å²) in [4.78, 5) is 40.3. The van der Waals surface area contributed by atoms with E-state index in [-0.39, 0.29) is 40.7 Å². The third kappa shape index (κ3) is 4.24. The first-order valence-electron chi connectivity index (χ1n) is 11.1. The van der Waals surface area contributed by atoms with Crippen molar-refractivity contribution in [2.75, 3.05) is 31.6 Å². The summed E-state index contributed by atoms with van der Waals surface area (Å²) in [7, 11) is -3.77. The van der Waals surface area contributed by atoms with E-state index < -0.39 is 33.8 Å². The molecule has 1 unspecified atom stereocenters. The molecule has 10 heteroatoms. The smallest absolute Gasteiger partial charge is 0.262 e. The monoisotopic (exact) mass is 485 g/mol.